The van der Waals surface area contributed by atoms with E-state index in [2.05, 4.69) is 41.5 Å². The van der Waals surface area contributed by atoms with Gasteiger partial charge in [-0.25, -0.2) is 9.13 Å². The largest absolute Gasteiger partial charge is 0.472 e. The molecule has 0 radical (unpaired) electrons. The van der Waals surface area contributed by atoms with Crippen molar-refractivity contribution in [1.82, 2.24) is 0 Å². The van der Waals surface area contributed by atoms with Crippen molar-refractivity contribution in [1.29, 1.82) is 0 Å². The van der Waals surface area contributed by atoms with Crippen molar-refractivity contribution >= 4 is 39.5 Å². The molecule has 2 unspecified atom stereocenters. The monoisotopic (exact) mass is 1310 g/mol. The lowest BCUT2D eigenvalue weighted by molar-refractivity contribution is -0.161. The highest BCUT2D eigenvalue weighted by Gasteiger charge is 2.30. The Kier molecular flexibility index (Phi) is 60.8. The third kappa shape index (κ3) is 64.6. The van der Waals surface area contributed by atoms with Gasteiger partial charge < -0.3 is 33.8 Å². The number of hydrogen-bond acceptors (Lipinski definition) is 15. The molecule has 5 atom stereocenters. The van der Waals surface area contributed by atoms with E-state index < -0.39 is 97.5 Å². The van der Waals surface area contributed by atoms with Crippen molar-refractivity contribution in [2.75, 3.05) is 39.6 Å². The highest BCUT2D eigenvalue weighted by atomic mass is 31.2. The molecule has 19 heteroatoms. The molecule has 89 heavy (non-hydrogen) atoms. The van der Waals surface area contributed by atoms with Crippen LogP contribution in [0.4, 0.5) is 0 Å². The second-order valence-corrected chi connectivity index (χ2v) is 29.1. The normalized spacial score (nSPS) is 14.1. The van der Waals surface area contributed by atoms with Gasteiger partial charge in [0.1, 0.15) is 19.3 Å². The summed E-state index contributed by atoms with van der Waals surface area (Å²) < 4.78 is 68.3. The Balaban J connectivity index is 5.25. The third-order valence-corrected chi connectivity index (χ3v) is 18.1. The van der Waals surface area contributed by atoms with Crippen molar-refractivity contribution in [3.05, 3.63) is 0 Å². The Hall–Kier alpha value is -1.94. The van der Waals surface area contributed by atoms with Gasteiger partial charge in [0.15, 0.2) is 12.2 Å². The molecule has 0 aromatic carbocycles. The molecular formula is C70H136O17P2. The molecule has 0 aromatic heterocycles. The predicted octanol–water partition coefficient (Wildman–Crippen LogP) is 20.0. The number of hydrogen-bond donors (Lipinski definition) is 3. The second-order valence-electron chi connectivity index (χ2n) is 26.2. The number of aliphatic hydroxyl groups is 1. The summed E-state index contributed by atoms with van der Waals surface area (Å²) in [6.45, 7) is 9.51. The van der Waals surface area contributed by atoms with Crippen LogP contribution in [0, 0.1) is 11.8 Å². The van der Waals surface area contributed by atoms with Gasteiger partial charge >= 0.3 is 39.5 Å². The molecule has 0 heterocycles. The first-order chi connectivity index (χ1) is 42.9. The molecule has 3 N–H and O–H groups in total. The van der Waals surface area contributed by atoms with Gasteiger partial charge in [0.2, 0.25) is 0 Å². The van der Waals surface area contributed by atoms with Crippen molar-refractivity contribution in [2.45, 2.75) is 374 Å². The Bertz CT molecular complexity index is 1730. The van der Waals surface area contributed by atoms with Crippen LogP contribution >= 0.6 is 15.6 Å². The van der Waals surface area contributed by atoms with E-state index in [0.29, 0.717) is 25.7 Å². The smallest absolute Gasteiger partial charge is 0.462 e. The van der Waals surface area contributed by atoms with Crippen LogP contribution in [0.15, 0.2) is 0 Å². The number of phosphoric ester groups is 2. The number of phosphoric acid groups is 2. The van der Waals surface area contributed by atoms with Crippen LogP contribution in [-0.2, 0) is 65.4 Å². The van der Waals surface area contributed by atoms with Gasteiger partial charge in [0.05, 0.1) is 26.4 Å². The molecule has 0 aliphatic carbocycles. The average Bonchev–Trinajstić information content (AvgIpc) is 3.60. The van der Waals surface area contributed by atoms with E-state index in [-0.39, 0.29) is 25.7 Å². The van der Waals surface area contributed by atoms with Gasteiger partial charge in [-0.3, -0.25) is 37.3 Å². The Morgan fingerprint density at radius 3 is 0.764 bits per heavy atom. The van der Waals surface area contributed by atoms with Gasteiger partial charge in [0, 0.05) is 25.7 Å². The number of rotatable bonds is 69. The van der Waals surface area contributed by atoms with Crippen LogP contribution in [0.1, 0.15) is 356 Å². The number of ether oxygens (including phenoxy) is 4. The van der Waals surface area contributed by atoms with Gasteiger partial charge in [0.25, 0.3) is 0 Å². The zero-order chi connectivity index (χ0) is 65.7. The third-order valence-electron chi connectivity index (χ3n) is 16.2. The van der Waals surface area contributed by atoms with E-state index in [9.17, 15) is 43.2 Å². The van der Waals surface area contributed by atoms with Crippen LogP contribution in [-0.4, -0.2) is 96.7 Å². The summed E-state index contributed by atoms with van der Waals surface area (Å²) in [6, 6.07) is 0. The molecule has 0 fully saturated rings. The van der Waals surface area contributed by atoms with E-state index in [0.717, 1.165) is 102 Å². The number of carbonyl (C=O) groups is 4. The summed E-state index contributed by atoms with van der Waals surface area (Å²) in [5.74, 6) is -0.629. The standard InChI is InChI=1S/C70H136O17P2/c1-7-9-11-13-15-17-19-20-24-28-35-41-47-53-68(73)81-58-65(86-69(74)54-48-42-36-29-25-22-21-23-26-32-38-44-50-62(3)4)60-84-88(76,77)82-56-64(71)57-83-89(78,79)85-61-66(59-80-67(72)52-46-40-34-27-18-16-14-12-10-8-2)87-70(75)55-49-43-37-31-30-33-39-45-51-63(5)6/h62-66,71H,7-61H2,1-6H3,(H,76,77)(H,78,79)/t64-,65-,66-/m1/s1. The molecule has 0 aliphatic rings. The molecule has 0 aliphatic heterocycles. The summed E-state index contributed by atoms with van der Waals surface area (Å²) in [5.41, 5.74) is 0. The maximum absolute atomic E-state index is 13.0. The Morgan fingerprint density at radius 2 is 0.517 bits per heavy atom. The fourth-order valence-corrected chi connectivity index (χ4v) is 12.2. The number of aliphatic hydroxyl groups excluding tert-OH is 1. The first-order valence-corrected chi connectivity index (χ1v) is 39.5. The van der Waals surface area contributed by atoms with Crippen LogP contribution in [0.3, 0.4) is 0 Å². The van der Waals surface area contributed by atoms with E-state index in [1.165, 1.54) is 173 Å². The Labute approximate surface area is 543 Å². The van der Waals surface area contributed by atoms with Gasteiger partial charge in [-0.1, -0.05) is 305 Å². The second kappa shape index (κ2) is 62.2. The van der Waals surface area contributed by atoms with Gasteiger partial charge in [-0.15, -0.1) is 0 Å². The van der Waals surface area contributed by atoms with Crippen molar-refractivity contribution < 1.29 is 80.2 Å². The predicted molar refractivity (Wildman–Crippen MR) is 358 cm³/mol. The maximum Gasteiger partial charge on any atom is 0.472 e. The molecule has 0 amide bonds. The minimum atomic E-state index is -4.95. The van der Waals surface area contributed by atoms with Gasteiger partial charge in [-0.2, -0.15) is 0 Å². The zero-order valence-corrected chi connectivity index (χ0v) is 59.5. The van der Waals surface area contributed by atoms with Crippen LogP contribution in [0.2, 0.25) is 0 Å². The molecule has 0 aromatic rings. The average molecular weight is 1310 g/mol. The molecule has 0 saturated carbocycles. The number of carbonyl (C=O) groups excluding carboxylic acids is 4. The molecule has 0 spiro atoms. The number of unbranched alkanes of at least 4 members (excludes halogenated alkanes) is 39. The van der Waals surface area contributed by atoms with Crippen LogP contribution in [0.25, 0.3) is 0 Å². The molecule has 0 bridgehead atoms. The molecular weight excluding hydrogens is 1170 g/mol. The lowest BCUT2D eigenvalue weighted by atomic mass is 10.0. The lowest BCUT2D eigenvalue weighted by Crippen LogP contribution is -2.30. The van der Waals surface area contributed by atoms with Crippen LogP contribution < -0.4 is 0 Å². The zero-order valence-electron chi connectivity index (χ0n) is 57.7. The fraction of sp³-hybridized carbons (Fsp3) is 0.943. The fourth-order valence-electron chi connectivity index (χ4n) is 10.6. The lowest BCUT2D eigenvalue weighted by Gasteiger charge is -2.21. The van der Waals surface area contributed by atoms with Crippen LogP contribution in [0.5, 0.6) is 0 Å². The minimum Gasteiger partial charge on any atom is -0.462 e. The summed E-state index contributed by atoms with van der Waals surface area (Å²) in [7, 11) is -9.90. The minimum absolute atomic E-state index is 0.105. The van der Waals surface area contributed by atoms with E-state index in [1.54, 1.807) is 0 Å². The van der Waals surface area contributed by atoms with E-state index in [4.69, 9.17) is 37.0 Å². The topological polar surface area (TPSA) is 237 Å². The SMILES string of the molecule is CCCCCCCCCCCCCCCC(=O)OC[C@H](COP(=O)(O)OC[C@@H](O)COP(=O)(O)OC[C@@H](COC(=O)CCCCCCCCCCCC)OC(=O)CCCCCCCCCCC(C)C)OC(=O)CCCCCCCCCCCCCCC(C)C. The van der Waals surface area contributed by atoms with E-state index in [1.807, 2.05) is 0 Å². The highest BCUT2D eigenvalue weighted by Crippen LogP contribution is 2.45. The summed E-state index contributed by atoms with van der Waals surface area (Å²) in [6.07, 6.45) is 47.1. The van der Waals surface area contributed by atoms with Gasteiger partial charge in [-0.05, 0) is 37.5 Å². The highest BCUT2D eigenvalue weighted by molar-refractivity contribution is 7.47. The molecule has 0 rings (SSSR count). The van der Waals surface area contributed by atoms with Crippen molar-refractivity contribution in [3.8, 4) is 0 Å². The summed E-state index contributed by atoms with van der Waals surface area (Å²) in [4.78, 5) is 72.5. The molecule has 528 valence electrons. The quantitative estimate of drug-likeness (QED) is 0.0222. The first kappa shape index (κ1) is 87.1. The number of esters is 4. The first-order valence-electron chi connectivity index (χ1n) is 36.5. The molecule has 0 saturated heterocycles. The maximum atomic E-state index is 13.0. The van der Waals surface area contributed by atoms with E-state index >= 15 is 0 Å². The van der Waals surface area contributed by atoms with Crippen molar-refractivity contribution in [2.24, 2.45) is 11.8 Å². The Morgan fingerprint density at radius 1 is 0.303 bits per heavy atom. The van der Waals surface area contributed by atoms with Crippen molar-refractivity contribution in [3.63, 3.8) is 0 Å². The summed E-state index contributed by atoms with van der Waals surface area (Å²) in [5, 5.41) is 10.6. The molecule has 17 nitrogen and oxygen atoms in total. The summed E-state index contributed by atoms with van der Waals surface area (Å²) >= 11 is 0.